The zero-order chi connectivity index (χ0) is 10.3. The van der Waals surface area contributed by atoms with Crippen LogP contribution in [-0.2, 0) is 4.79 Å². The number of carbonyl (C=O) groups excluding carboxylic acids is 1. The summed E-state index contributed by atoms with van der Waals surface area (Å²) in [6, 6.07) is 0.749. The Morgan fingerprint density at radius 3 is 2.38 bits per heavy atom. The summed E-state index contributed by atoms with van der Waals surface area (Å²) >= 11 is 0. The molecule has 1 unspecified atom stereocenters. The molecule has 0 aromatic rings. The zero-order valence-corrected chi connectivity index (χ0v) is 10.5. The third kappa shape index (κ3) is 1.95. The van der Waals surface area contributed by atoms with Crippen LogP contribution >= 0.6 is 12.4 Å². The molecule has 0 aromatic carbocycles. The van der Waals surface area contributed by atoms with Crippen molar-refractivity contribution in [3.05, 3.63) is 0 Å². The van der Waals surface area contributed by atoms with Crippen LogP contribution in [0.1, 0.15) is 38.5 Å². The molecule has 1 aliphatic carbocycles. The predicted octanol–water partition coefficient (Wildman–Crippen LogP) is 1.56. The summed E-state index contributed by atoms with van der Waals surface area (Å²) in [5.74, 6) is 1.21. The molecule has 3 aliphatic rings. The summed E-state index contributed by atoms with van der Waals surface area (Å²) in [4.78, 5) is 14.3. The maximum atomic E-state index is 12.1. The summed E-state index contributed by atoms with van der Waals surface area (Å²) in [5, 5.41) is 3.23. The number of halogens is 1. The number of amides is 1. The summed E-state index contributed by atoms with van der Waals surface area (Å²) in [6.45, 7) is 2.04. The molecule has 4 heteroatoms. The van der Waals surface area contributed by atoms with E-state index in [0.29, 0.717) is 11.9 Å². The van der Waals surface area contributed by atoms with Gasteiger partial charge in [0.1, 0.15) is 0 Å². The average molecular weight is 245 g/mol. The van der Waals surface area contributed by atoms with E-state index in [0.717, 1.165) is 25.4 Å². The van der Waals surface area contributed by atoms with E-state index in [1.165, 1.54) is 32.1 Å². The van der Waals surface area contributed by atoms with Gasteiger partial charge in [-0.15, -0.1) is 12.4 Å². The van der Waals surface area contributed by atoms with E-state index in [2.05, 4.69) is 10.2 Å². The van der Waals surface area contributed by atoms with Gasteiger partial charge in [-0.2, -0.15) is 0 Å². The van der Waals surface area contributed by atoms with Crippen molar-refractivity contribution >= 4 is 18.3 Å². The maximum absolute atomic E-state index is 12.1. The topological polar surface area (TPSA) is 32.3 Å². The number of hydrogen-bond acceptors (Lipinski definition) is 2. The Morgan fingerprint density at radius 1 is 1.12 bits per heavy atom. The SMILES string of the molecule is Cl.O=C([C@H]1CCN1)N1CCCC1C1CCC1. The summed E-state index contributed by atoms with van der Waals surface area (Å²) < 4.78 is 0. The van der Waals surface area contributed by atoms with Crippen molar-refractivity contribution in [2.24, 2.45) is 5.92 Å². The molecule has 2 heterocycles. The van der Waals surface area contributed by atoms with Gasteiger partial charge in [0.2, 0.25) is 5.91 Å². The highest BCUT2D eigenvalue weighted by Gasteiger charge is 2.40. The fraction of sp³-hybridized carbons (Fsp3) is 0.917. The van der Waals surface area contributed by atoms with Crippen LogP contribution in [0.2, 0.25) is 0 Å². The first-order valence-electron chi connectivity index (χ1n) is 6.40. The van der Waals surface area contributed by atoms with Crippen LogP contribution in [-0.4, -0.2) is 36.0 Å². The third-order valence-corrected chi connectivity index (χ3v) is 4.40. The highest BCUT2D eigenvalue weighted by Crippen LogP contribution is 2.37. The Morgan fingerprint density at radius 2 is 1.88 bits per heavy atom. The Kier molecular flexibility index (Phi) is 3.75. The molecule has 2 saturated heterocycles. The number of rotatable bonds is 2. The summed E-state index contributed by atoms with van der Waals surface area (Å²) in [6.07, 6.45) is 7.61. The smallest absolute Gasteiger partial charge is 0.240 e. The van der Waals surface area contributed by atoms with Gasteiger partial charge in [0, 0.05) is 12.6 Å². The highest BCUT2D eigenvalue weighted by molar-refractivity contribution is 5.85. The van der Waals surface area contributed by atoms with E-state index in [9.17, 15) is 4.79 Å². The lowest BCUT2D eigenvalue weighted by atomic mass is 9.78. The molecular formula is C12H21ClN2O. The molecular weight excluding hydrogens is 224 g/mol. The molecule has 2 aliphatic heterocycles. The van der Waals surface area contributed by atoms with Gasteiger partial charge in [-0.3, -0.25) is 4.79 Å². The van der Waals surface area contributed by atoms with Crippen molar-refractivity contribution in [1.29, 1.82) is 0 Å². The van der Waals surface area contributed by atoms with Gasteiger partial charge in [-0.25, -0.2) is 0 Å². The van der Waals surface area contributed by atoms with Crippen LogP contribution in [0.4, 0.5) is 0 Å². The minimum absolute atomic E-state index is 0. The van der Waals surface area contributed by atoms with Gasteiger partial charge >= 0.3 is 0 Å². The van der Waals surface area contributed by atoms with E-state index in [-0.39, 0.29) is 18.4 Å². The number of likely N-dealkylation sites (tertiary alicyclic amines) is 1. The minimum Gasteiger partial charge on any atom is -0.338 e. The number of nitrogens with zero attached hydrogens (tertiary/aromatic N) is 1. The van der Waals surface area contributed by atoms with Crippen molar-refractivity contribution in [1.82, 2.24) is 10.2 Å². The minimum atomic E-state index is 0. The predicted molar refractivity (Wildman–Crippen MR) is 65.7 cm³/mol. The summed E-state index contributed by atoms with van der Waals surface area (Å²) in [7, 11) is 0. The van der Waals surface area contributed by atoms with E-state index in [4.69, 9.17) is 0 Å². The lowest BCUT2D eigenvalue weighted by Crippen LogP contribution is -2.56. The van der Waals surface area contributed by atoms with Crippen LogP contribution in [0.15, 0.2) is 0 Å². The quantitative estimate of drug-likeness (QED) is 0.800. The van der Waals surface area contributed by atoms with Crippen LogP contribution in [0.25, 0.3) is 0 Å². The normalized spacial score (nSPS) is 33.9. The van der Waals surface area contributed by atoms with E-state index in [1.54, 1.807) is 0 Å². The molecule has 0 aromatic heterocycles. The average Bonchev–Trinajstić information content (AvgIpc) is 2.46. The lowest BCUT2D eigenvalue weighted by Gasteiger charge is -2.40. The van der Waals surface area contributed by atoms with Gasteiger partial charge in [0.05, 0.1) is 6.04 Å². The van der Waals surface area contributed by atoms with Crippen molar-refractivity contribution in [2.75, 3.05) is 13.1 Å². The molecule has 1 N–H and O–H groups in total. The molecule has 1 saturated carbocycles. The molecule has 92 valence electrons. The molecule has 16 heavy (non-hydrogen) atoms. The molecule has 3 fully saturated rings. The lowest BCUT2D eigenvalue weighted by molar-refractivity contribution is -0.137. The second kappa shape index (κ2) is 4.92. The first kappa shape index (κ1) is 12.2. The third-order valence-electron chi connectivity index (χ3n) is 4.40. The van der Waals surface area contributed by atoms with Crippen molar-refractivity contribution in [3.8, 4) is 0 Å². The Balaban J connectivity index is 0.000000963. The van der Waals surface area contributed by atoms with Crippen LogP contribution in [0, 0.1) is 5.92 Å². The van der Waals surface area contributed by atoms with Crippen LogP contribution < -0.4 is 5.32 Å². The van der Waals surface area contributed by atoms with Gasteiger partial charge < -0.3 is 10.2 Å². The van der Waals surface area contributed by atoms with Crippen LogP contribution in [0.5, 0.6) is 0 Å². The molecule has 0 spiro atoms. The van der Waals surface area contributed by atoms with Gasteiger partial charge in [0.15, 0.2) is 0 Å². The van der Waals surface area contributed by atoms with Crippen molar-refractivity contribution in [2.45, 2.75) is 50.6 Å². The number of hydrogen-bond donors (Lipinski definition) is 1. The second-order valence-electron chi connectivity index (χ2n) is 5.23. The molecule has 2 atom stereocenters. The Bertz CT molecular complexity index is 264. The van der Waals surface area contributed by atoms with Crippen molar-refractivity contribution < 1.29 is 4.79 Å². The maximum Gasteiger partial charge on any atom is 0.240 e. The van der Waals surface area contributed by atoms with E-state index in [1.807, 2.05) is 0 Å². The van der Waals surface area contributed by atoms with Crippen molar-refractivity contribution in [3.63, 3.8) is 0 Å². The number of nitrogens with one attached hydrogen (secondary N) is 1. The van der Waals surface area contributed by atoms with E-state index < -0.39 is 0 Å². The van der Waals surface area contributed by atoms with Gasteiger partial charge in [0.25, 0.3) is 0 Å². The zero-order valence-electron chi connectivity index (χ0n) is 9.65. The van der Waals surface area contributed by atoms with E-state index >= 15 is 0 Å². The molecule has 0 bridgehead atoms. The van der Waals surface area contributed by atoms with Gasteiger partial charge in [-0.1, -0.05) is 6.42 Å². The van der Waals surface area contributed by atoms with Gasteiger partial charge in [-0.05, 0) is 44.6 Å². The fourth-order valence-corrected chi connectivity index (χ4v) is 3.08. The number of carbonyl (C=O) groups is 1. The standard InChI is InChI=1S/C12H20N2O.ClH/c15-12(10-6-7-13-10)14-8-2-5-11(14)9-3-1-4-9;/h9-11,13H,1-8H2;1H/t10-,11?;/m1./s1. The summed E-state index contributed by atoms with van der Waals surface area (Å²) in [5.41, 5.74) is 0. The Labute approximate surface area is 103 Å². The fourth-order valence-electron chi connectivity index (χ4n) is 3.08. The second-order valence-corrected chi connectivity index (χ2v) is 5.23. The molecule has 3 nitrogen and oxygen atoms in total. The first-order valence-corrected chi connectivity index (χ1v) is 6.40. The Hall–Kier alpha value is -0.280. The monoisotopic (exact) mass is 244 g/mol. The molecule has 1 amide bonds. The molecule has 0 radical (unpaired) electrons. The molecule has 3 rings (SSSR count). The van der Waals surface area contributed by atoms with Crippen LogP contribution in [0.3, 0.4) is 0 Å². The highest BCUT2D eigenvalue weighted by atomic mass is 35.5. The first-order chi connectivity index (χ1) is 7.36. The largest absolute Gasteiger partial charge is 0.338 e.